The summed E-state index contributed by atoms with van der Waals surface area (Å²) in [6, 6.07) is 6.32. The summed E-state index contributed by atoms with van der Waals surface area (Å²) in [5.41, 5.74) is 0.0728. The Hall–Kier alpha value is -2.08. The van der Waals surface area contributed by atoms with Crippen LogP contribution in [0.4, 0.5) is 0 Å². The molecular formula is C25H34BrN5O4S. The number of nitrogens with zero attached hydrogens (tertiary/aromatic N) is 4. The molecule has 3 saturated heterocycles. The van der Waals surface area contributed by atoms with Crippen molar-refractivity contribution in [1.29, 1.82) is 0 Å². The second-order valence-corrected chi connectivity index (χ2v) is 12.3. The zero-order chi connectivity index (χ0) is 25.8. The van der Waals surface area contributed by atoms with Gasteiger partial charge in [0.2, 0.25) is 21.8 Å². The van der Waals surface area contributed by atoms with E-state index in [-0.39, 0.29) is 18.4 Å². The number of amides is 2. The number of likely N-dealkylation sites (tertiary alicyclic amines) is 3. The van der Waals surface area contributed by atoms with Crippen LogP contribution in [0.2, 0.25) is 0 Å². The van der Waals surface area contributed by atoms with Crippen LogP contribution in [0.5, 0.6) is 0 Å². The van der Waals surface area contributed by atoms with Crippen molar-refractivity contribution < 1.29 is 18.0 Å². The second-order valence-electron chi connectivity index (χ2n) is 9.74. The molecule has 1 aromatic carbocycles. The van der Waals surface area contributed by atoms with Crippen LogP contribution >= 0.6 is 15.9 Å². The molecule has 2 atom stereocenters. The van der Waals surface area contributed by atoms with Crippen molar-refractivity contribution in [3.05, 3.63) is 39.7 Å². The molecule has 196 valence electrons. The zero-order valence-electron chi connectivity index (χ0n) is 20.4. The molecular weight excluding hydrogens is 546 g/mol. The van der Waals surface area contributed by atoms with Crippen molar-refractivity contribution in [2.24, 2.45) is 4.99 Å². The van der Waals surface area contributed by atoms with E-state index in [1.54, 1.807) is 17.0 Å². The molecule has 2 amide bonds. The Morgan fingerprint density at radius 3 is 2.56 bits per heavy atom. The molecule has 1 aromatic rings. The summed E-state index contributed by atoms with van der Waals surface area (Å²) < 4.78 is 28.7. The van der Waals surface area contributed by atoms with Gasteiger partial charge in [0.05, 0.1) is 6.54 Å². The van der Waals surface area contributed by atoms with Crippen molar-refractivity contribution >= 4 is 50.6 Å². The molecule has 0 unspecified atom stereocenters. The van der Waals surface area contributed by atoms with Gasteiger partial charge in [0, 0.05) is 29.5 Å². The van der Waals surface area contributed by atoms with E-state index in [1.165, 1.54) is 11.0 Å². The number of benzene rings is 1. The van der Waals surface area contributed by atoms with Gasteiger partial charge in [-0.3, -0.25) is 19.5 Å². The normalized spacial score (nSPS) is 25.7. The Kier molecular flexibility index (Phi) is 8.64. The van der Waals surface area contributed by atoms with Gasteiger partial charge in [-0.1, -0.05) is 28.1 Å². The number of sulfonamides is 1. The first kappa shape index (κ1) is 27.0. The summed E-state index contributed by atoms with van der Waals surface area (Å²) in [6.07, 6.45) is 6.41. The maximum absolute atomic E-state index is 13.4. The van der Waals surface area contributed by atoms with Crippen LogP contribution in [-0.2, 0) is 19.6 Å². The Morgan fingerprint density at radius 1 is 1.14 bits per heavy atom. The first-order valence-electron chi connectivity index (χ1n) is 12.5. The van der Waals surface area contributed by atoms with Crippen molar-refractivity contribution in [2.75, 3.05) is 39.3 Å². The highest BCUT2D eigenvalue weighted by Gasteiger charge is 2.45. The van der Waals surface area contributed by atoms with E-state index in [1.807, 2.05) is 12.1 Å². The van der Waals surface area contributed by atoms with Crippen LogP contribution in [-0.4, -0.2) is 92.6 Å². The highest BCUT2D eigenvalue weighted by atomic mass is 79.9. The lowest BCUT2D eigenvalue weighted by Crippen LogP contribution is -2.58. The van der Waals surface area contributed by atoms with Gasteiger partial charge in [-0.2, -0.15) is 4.72 Å². The summed E-state index contributed by atoms with van der Waals surface area (Å²) in [5.74, 6) is -0.530. The molecule has 3 aliphatic heterocycles. The SMILES string of the molecule is C=N[C@@]1(CN2CCCC2)CCCN1C(=O)CN1CCC[C@H](NS(=O)(=O)/C=C/c2ccc(Br)cc2)C1=O. The number of nitrogens with one attached hydrogen (secondary N) is 1. The summed E-state index contributed by atoms with van der Waals surface area (Å²) >= 11 is 3.35. The molecule has 9 nitrogen and oxygen atoms in total. The standard InChI is InChI=1S/C25H34BrN5O4S/c1-27-25(19-29-13-2-3-14-29)12-5-16-31(25)23(32)18-30-15-4-6-22(24(30)33)28-36(34,35)17-11-20-7-9-21(26)10-8-20/h7-11,17,22,28H,1-6,12-16,18-19H2/b17-11+/t22-,25-/m0/s1. The van der Waals surface area contributed by atoms with Crippen LogP contribution in [0.15, 0.2) is 39.1 Å². The number of hydrogen-bond donors (Lipinski definition) is 1. The first-order valence-corrected chi connectivity index (χ1v) is 14.8. The number of aliphatic imine (C=N–C) groups is 1. The van der Waals surface area contributed by atoms with E-state index in [9.17, 15) is 18.0 Å². The minimum atomic E-state index is -3.84. The van der Waals surface area contributed by atoms with E-state index in [2.05, 4.69) is 37.3 Å². The molecule has 4 rings (SSSR count). The molecule has 0 aliphatic carbocycles. The zero-order valence-corrected chi connectivity index (χ0v) is 22.8. The van der Waals surface area contributed by atoms with Gasteiger partial charge in [0.25, 0.3) is 0 Å². The van der Waals surface area contributed by atoms with E-state index >= 15 is 0 Å². The monoisotopic (exact) mass is 579 g/mol. The third-order valence-electron chi connectivity index (χ3n) is 7.21. The largest absolute Gasteiger partial charge is 0.332 e. The van der Waals surface area contributed by atoms with Gasteiger partial charge < -0.3 is 9.80 Å². The number of halogens is 1. The molecule has 3 aliphatic rings. The fourth-order valence-corrected chi connectivity index (χ4v) is 6.63. The van der Waals surface area contributed by atoms with Crippen LogP contribution in [0.3, 0.4) is 0 Å². The minimum Gasteiger partial charge on any atom is -0.332 e. The van der Waals surface area contributed by atoms with Gasteiger partial charge in [-0.15, -0.1) is 0 Å². The van der Waals surface area contributed by atoms with Crippen molar-refractivity contribution in [1.82, 2.24) is 19.4 Å². The summed E-state index contributed by atoms with van der Waals surface area (Å²) in [5, 5.41) is 1.07. The molecule has 0 radical (unpaired) electrons. The average Bonchev–Trinajstić information content (AvgIpc) is 3.52. The predicted octanol–water partition coefficient (Wildman–Crippen LogP) is 2.45. The van der Waals surface area contributed by atoms with Crippen LogP contribution in [0.25, 0.3) is 6.08 Å². The lowest BCUT2D eigenvalue weighted by molar-refractivity contribution is -0.145. The number of piperidine rings is 1. The average molecular weight is 581 g/mol. The van der Waals surface area contributed by atoms with E-state index in [4.69, 9.17) is 0 Å². The van der Waals surface area contributed by atoms with Gasteiger partial charge in [0.1, 0.15) is 11.7 Å². The Labute approximate surface area is 221 Å². The van der Waals surface area contributed by atoms with Gasteiger partial charge in [-0.05, 0) is 82.1 Å². The Balaban J connectivity index is 1.38. The molecule has 3 fully saturated rings. The van der Waals surface area contributed by atoms with Gasteiger partial charge >= 0.3 is 0 Å². The summed E-state index contributed by atoms with van der Waals surface area (Å²) in [4.78, 5) is 36.5. The smallest absolute Gasteiger partial charge is 0.244 e. The number of carbonyl (C=O) groups is 2. The highest BCUT2D eigenvalue weighted by molar-refractivity contribution is 9.10. The van der Waals surface area contributed by atoms with Crippen LogP contribution in [0, 0.1) is 0 Å². The molecule has 11 heteroatoms. The van der Waals surface area contributed by atoms with Gasteiger partial charge in [0.15, 0.2) is 0 Å². The molecule has 3 heterocycles. The quantitative estimate of drug-likeness (QED) is 0.453. The topological polar surface area (TPSA) is 102 Å². The molecule has 36 heavy (non-hydrogen) atoms. The van der Waals surface area contributed by atoms with Crippen molar-refractivity contribution in [3.8, 4) is 0 Å². The molecule has 0 saturated carbocycles. The summed E-state index contributed by atoms with van der Waals surface area (Å²) in [7, 11) is -3.84. The van der Waals surface area contributed by atoms with Crippen molar-refractivity contribution in [2.45, 2.75) is 50.2 Å². The first-order chi connectivity index (χ1) is 17.2. The Morgan fingerprint density at radius 2 is 1.86 bits per heavy atom. The van der Waals surface area contributed by atoms with Gasteiger partial charge in [-0.25, -0.2) is 8.42 Å². The highest BCUT2D eigenvalue weighted by Crippen LogP contribution is 2.33. The predicted molar refractivity (Wildman–Crippen MR) is 144 cm³/mol. The maximum atomic E-state index is 13.4. The summed E-state index contributed by atoms with van der Waals surface area (Å²) in [6.45, 7) is 7.41. The third-order valence-corrected chi connectivity index (χ3v) is 8.84. The third kappa shape index (κ3) is 6.42. The number of carbonyl (C=O) groups excluding carboxylic acids is 2. The number of rotatable bonds is 9. The lowest BCUT2D eigenvalue weighted by Gasteiger charge is -2.39. The van der Waals surface area contributed by atoms with E-state index in [0.29, 0.717) is 32.5 Å². The maximum Gasteiger partial charge on any atom is 0.244 e. The van der Waals surface area contributed by atoms with Crippen LogP contribution in [0.1, 0.15) is 44.1 Å². The van der Waals surface area contributed by atoms with E-state index < -0.39 is 21.7 Å². The van der Waals surface area contributed by atoms with E-state index in [0.717, 1.165) is 54.2 Å². The van der Waals surface area contributed by atoms with Crippen LogP contribution < -0.4 is 4.72 Å². The second kappa shape index (κ2) is 11.5. The fourth-order valence-electron chi connectivity index (χ4n) is 5.33. The minimum absolute atomic E-state index is 0.0803. The molecule has 1 N–H and O–H groups in total. The lowest BCUT2D eigenvalue weighted by atomic mass is 10.1. The molecule has 0 aromatic heterocycles. The fraction of sp³-hybridized carbons (Fsp3) is 0.560. The molecule has 0 bridgehead atoms. The Bertz CT molecular complexity index is 1100. The van der Waals surface area contributed by atoms with Crippen molar-refractivity contribution in [3.63, 3.8) is 0 Å². The number of hydrogen-bond acceptors (Lipinski definition) is 6. The molecule has 0 spiro atoms.